The average molecular weight is 297 g/mol. The lowest BCUT2D eigenvalue weighted by molar-refractivity contribution is 0.0781. The number of benzene rings is 1. The second-order valence-electron chi connectivity index (χ2n) is 6.47. The van der Waals surface area contributed by atoms with Gasteiger partial charge in [-0.2, -0.15) is 0 Å². The fourth-order valence-corrected chi connectivity index (χ4v) is 4.03. The summed E-state index contributed by atoms with van der Waals surface area (Å²) in [7, 11) is 0. The third-order valence-corrected chi connectivity index (χ3v) is 5.18. The van der Waals surface area contributed by atoms with Gasteiger partial charge >= 0.3 is 0 Å². The molecule has 1 aliphatic heterocycles. The molecule has 1 aliphatic carbocycles. The van der Waals surface area contributed by atoms with Crippen LogP contribution >= 0.6 is 0 Å². The smallest absolute Gasteiger partial charge is 0.254 e. The highest BCUT2D eigenvalue weighted by Crippen LogP contribution is 2.37. The number of carbonyl (C=O) groups is 1. The maximum atomic E-state index is 12.9. The van der Waals surface area contributed by atoms with Crippen LogP contribution in [0.4, 0.5) is 0 Å². The van der Waals surface area contributed by atoms with Crippen molar-refractivity contribution < 1.29 is 4.79 Å². The molecule has 1 aromatic carbocycles. The Bertz CT molecular complexity index is 798. The van der Waals surface area contributed by atoms with Crippen LogP contribution in [0.1, 0.15) is 23.2 Å². The zero-order valence-electron chi connectivity index (χ0n) is 12.3. The number of fused-ring (bicyclic) bond motifs is 2. The Kier molecular flexibility index (Phi) is 3.04. The van der Waals surface area contributed by atoms with Crippen LogP contribution < -0.4 is 11.3 Å². The predicted molar refractivity (Wildman–Crippen MR) is 84.7 cm³/mol. The third kappa shape index (κ3) is 2.04. The summed E-state index contributed by atoms with van der Waals surface area (Å²) in [6.07, 6.45) is 2.16. The average Bonchev–Trinajstić information content (AvgIpc) is 3.08. The Morgan fingerprint density at radius 2 is 2.05 bits per heavy atom. The first-order chi connectivity index (χ1) is 10.6. The van der Waals surface area contributed by atoms with Crippen LogP contribution in [0.3, 0.4) is 0 Å². The molecule has 5 nitrogen and oxygen atoms in total. The number of nitrogens with two attached hydrogens (primary N) is 1. The highest BCUT2D eigenvalue weighted by molar-refractivity contribution is 6.06. The van der Waals surface area contributed by atoms with Gasteiger partial charge in [0, 0.05) is 36.1 Å². The molecular formula is C17H19N3O2. The molecule has 1 saturated heterocycles. The van der Waals surface area contributed by atoms with Crippen molar-refractivity contribution in [2.75, 3.05) is 13.1 Å². The number of rotatable bonds is 1. The Hall–Kier alpha value is -2.14. The topological polar surface area (TPSA) is 79.2 Å². The van der Waals surface area contributed by atoms with E-state index in [9.17, 15) is 9.59 Å². The Morgan fingerprint density at radius 1 is 1.23 bits per heavy atom. The fraction of sp³-hybridized carbons (Fsp3) is 0.412. The zero-order valence-corrected chi connectivity index (χ0v) is 12.3. The number of hydrogen-bond donors (Lipinski definition) is 2. The molecule has 1 amide bonds. The minimum atomic E-state index is -0.238. The van der Waals surface area contributed by atoms with Crippen LogP contribution in [0.2, 0.25) is 0 Å². The van der Waals surface area contributed by atoms with Gasteiger partial charge in [0.15, 0.2) is 0 Å². The molecule has 3 unspecified atom stereocenters. The lowest BCUT2D eigenvalue weighted by Gasteiger charge is -2.19. The summed E-state index contributed by atoms with van der Waals surface area (Å²) >= 11 is 0. The lowest BCUT2D eigenvalue weighted by Crippen LogP contribution is -2.34. The number of aromatic nitrogens is 1. The quantitative estimate of drug-likeness (QED) is 0.833. The number of pyridine rings is 1. The lowest BCUT2D eigenvalue weighted by atomic mass is 9.98. The van der Waals surface area contributed by atoms with E-state index in [4.69, 9.17) is 5.73 Å². The molecule has 2 aliphatic rings. The van der Waals surface area contributed by atoms with E-state index in [-0.39, 0.29) is 17.5 Å². The molecule has 1 saturated carbocycles. The molecule has 2 aromatic rings. The summed E-state index contributed by atoms with van der Waals surface area (Å²) in [6.45, 7) is 1.48. The molecule has 0 spiro atoms. The molecule has 5 heteroatoms. The zero-order chi connectivity index (χ0) is 15.3. The van der Waals surface area contributed by atoms with Gasteiger partial charge in [0.2, 0.25) is 5.56 Å². The second-order valence-corrected chi connectivity index (χ2v) is 6.47. The number of H-pyrrole nitrogens is 1. The first-order valence-electron chi connectivity index (χ1n) is 7.80. The largest absolute Gasteiger partial charge is 0.338 e. The molecular weight excluding hydrogens is 278 g/mol. The standard InChI is InChI=1S/C17H19N3O2/c18-14-6-5-10-8-20(9-13(10)14)17(22)12-7-16(21)19-15-4-2-1-3-11(12)15/h1-4,7,10,13-14H,5-6,8-9,18H2,(H,19,21). The highest BCUT2D eigenvalue weighted by atomic mass is 16.2. The Balaban J connectivity index is 1.71. The summed E-state index contributed by atoms with van der Waals surface area (Å²) in [5.74, 6) is 0.883. The fourth-order valence-electron chi connectivity index (χ4n) is 4.03. The summed E-state index contributed by atoms with van der Waals surface area (Å²) < 4.78 is 0. The predicted octanol–water partition coefficient (Wildman–Crippen LogP) is 1.34. The van der Waals surface area contributed by atoms with E-state index >= 15 is 0 Å². The molecule has 3 atom stereocenters. The minimum absolute atomic E-state index is 0.0519. The van der Waals surface area contributed by atoms with Gasteiger partial charge in [0.05, 0.1) is 5.56 Å². The monoisotopic (exact) mass is 297 g/mol. The van der Waals surface area contributed by atoms with Gasteiger partial charge in [-0.1, -0.05) is 18.2 Å². The summed E-state index contributed by atoms with van der Waals surface area (Å²) in [5, 5.41) is 0.799. The van der Waals surface area contributed by atoms with Gasteiger partial charge in [0.25, 0.3) is 5.91 Å². The Labute approximate surface area is 128 Å². The van der Waals surface area contributed by atoms with Gasteiger partial charge in [-0.25, -0.2) is 0 Å². The van der Waals surface area contributed by atoms with Crippen LogP contribution in [-0.2, 0) is 0 Å². The number of para-hydroxylation sites is 1. The van der Waals surface area contributed by atoms with E-state index in [1.807, 2.05) is 29.2 Å². The number of nitrogens with one attached hydrogen (secondary N) is 1. The second kappa shape index (κ2) is 4.95. The van der Waals surface area contributed by atoms with Crippen molar-refractivity contribution in [3.8, 4) is 0 Å². The van der Waals surface area contributed by atoms with E-state index in [0.29, 0.717) is 29.5 Å². The van der Waals surface area contributed by atoms with E-state index in [1.54, 1.807) is 0 Å². The Morgan fingerprint density at radius 3 is 2.86 bits per heavy atom. The first kappa shape index (κ1) is 13.5. The third-order valence-electron chi connectivity index (χ3n) is 5.18. The SMILES string of the molecule is NC1CCC2CN(C(=O)c3cc(=O)[nH]c4ccccc34)CC12. The molecule has 114 valence electrons. The van der Waals surface area contributed by atoms with Crippen molar-refractivity contribution in [2.45, 2.75) is 18.9 Å². The van der Waals surface area contributed by atoms with Crippen molar-refractivity contribution in [1.29, 1.82) is 0 Å². The van der Waals surface area contributed by atoms with Crippen molar-refractivity contribution >= 4 is 16.8 Å². The maximum Gasteiger partial charge on any atom is 0.254 e. The molecule has 3 N–H and O–H groups in total. The van der Waals surface area contributed by atoms with Crippen molar-refractivity contribution in [1.82, 2.24) is 9.88 Å². The maximum absolute atomic E-state index is 12.9. The summed E-state index contributed by atoms with van der Waals surface area (Å²) in [5.41, 5.74) is 7.10. The van der Waals surface area contributed by atoms with E-state index in [0.717, 1.165) is 24.8 Å². The number of amides is 1. The molecule has 2 fully saturated rings. The van der Waals surface area contributed by atoms with Gasteiger partial charge in [-0.15, -0.1) is 0 Å². The van der Waals surface area contributed by atoms with Gasteiger partial charge in [-0.05, 0) is 30.7 Å². The molecule has 4 rings (SSSR count). The van der Waals surface area contributed by atoms with Crippen LogP contribution in [0.5, 0.6) is 0 Å². The van der Waals surface area contributed by atoms with Crippen molar-refractivity contribution in [2.24, 2.45) is 17.6 Å². The van der Waals surface area contributed by atoms with E-state index in [1.165, 1.54) is 6.07 Å². The first-order valence-corrected chi connectivity index (χ1v) is 7.80. The van der Waals surface area contributed by atoms with Gasteiger partial charge < -0.3 is 15.6 Å². The molecule has 0 bridgehead atoms. The number of hydrogen-bond acceptors (Lipinski definition) is 3. The van der Waals surface area contributed by atoms with Crippen molar-refractivity contribution in [3.05, 3.63) is 46.2 Å². The summed E-state index contributed by atoms with van der Waals surface area (Å²) in [6, 6.07) is 9.05. The van der Waals surface area contributed by atoms with Crippen LogP contribution in [-0.4, -0.2) is 34.9 Å². The number of nitrogens with zero attached hydrogens (tertiary/aromatic N) is 1. The number of aromatic amines is 1. The molecule has 22 heavy (non-hydrogen) atoms. The van der Waals surface area contributed by atoms with Crippen LogP contribution in [0.15, 0.2) is 35.1 Å². The molecule has 2 heterocycles. The van der Waals surface area contributed by atoms with E-state index < -0.39 is 0 Å². The van der Waals surface area contributed by atoms with Crippen LogP contribution in [0.25, 0.3) is 10.9 Å². The van der Waals surface area contributed by atoms with Gasteiger partial charge in [0.1, 0.15) is 0 Å². The number of carbonyl (C=O) groups excluding carboxylic acids is 1. The number of likely N-dealkylation sites (tertiary alicyclic amines) is 1. The minimum Gasteiger partial charge on any atom is -0.338 e. The highest BCUT2D eigenvalue weighted by Gasteiger charge is 2.42. The molecule has 1 aromatic heterocycles. The molecule has 0 radical (unpaired) electrons. The van der Waals surface area contributed by atoms with Gasteiger partial charge in [-0.3, -0.25) is 9.59 Å². The van der Waals surface area contributed by atoms with E-state index in [2.05, 4.69) is 4.98 Å². The van der Waals surface area contributed by atoms with Crippen LogP contribution in [0, 0.1) is 11.8 Å². The van der Waals surface area contributed by atoms with Crippen molar-refractivity contribution in [3.63, 3.8) is 0 Å². The normalized spacial score (nSPS) is 27.3. The summed E-state index contributed by atoms with van der Waals surface area (Å²) in [4.78, 5) is 29.4.